The quantitative estimate of drug-likeness (QED) is 0.500. The third-order valence-electron chi connectivity index (χ3n) is 5.48. The van der Waals surface area contributed by atoms with Gasteiger partial charge in [0.15, 0.2) is 0 Å². The number of carbonyl (C=O) groups is 1. The Morgan fingerprint density at radius 2 is 1.81 bits per heavy atom. The number of benzene rings is 1. The molecule has 10 heteroatoms. The van der Waals surface area contributed by atoms with E-state index in [1.54, 1.807) is 10.7 Å². The van der Waals surface area contributed by atoms with Crippen molar-refractivity contribution in [3.05, 3.63) is 67.6 Å². The number of hydrogen-bond acceptors (Lipinski definition) is 4. The second kappa shape index (κ2) is 9.32. The second-order valence-electron chi connectivity index (χ2n) is 7.68. The number of hydrogen-bond donors (Lipinski definition) is 0. The van der Waals surface area contributed by atoms with Crippen LogP contribution in [0.25, 0.3) is 0 Å². The second-order valence-corrected chi connectivity index (χ2v) is 9.29. The van der Waals surface area contributed by atoms with Crippen molar-refractivity contribution in [2.75, 3.05) is 26.2 Å². The van der Waals surface area contributed by atoms with E-state index < -0.39 is 0 Å². The van der Waals surface area contributed by atoms with Crippen molar-refractivity contribution in [1.29, 1.82) is 0 Å². The van der Waals surface area contributed by atoms with Crippen molar-refractivity contribution in [2.45, 2.75) is 27.1 Å². The normalized spacial score (nSPS) is 14.9. The molecule has 1 aliphatic rings. The monoisotopic (exact) mass is 524 g/mol. The highest BCUT2D eigenvalue weighted by atomic mass is 79.9. The average molecular weight is 526 g/mol. The van der Waals surface area contributed by atoms with Gasteiger partial charge in [-0.3, -0.25) is 14.4 Å². The molecule has 0 aliphatic carbocycles. The largest absolute Gasteiger partial charge is 0.335 e. The SMILES string of the molecule is Cc1nn(Cn2ccc(C(=O)N3CCN(Cc4ccc(Cl)c(Cl)c4)CC3)n2)c(C)c1Br. The summed E-state index contributed by atoms with van der Waals surface area (Å²) in [5.74, 6) is -0.0394. The fraction of sp³-hybridized carbons (Fsp3) is 0.381. The number of carbonyl (C=O) groups excluding carboxylic acids is 1. The molecule has 1 aromatic carbocycles. The van der Waals surface area contributed by atoms with Crippen LogP contribution in [-0.2, 0) is 13.2 Å². The summed E-state index contributed by atoms with van der Waals surface area (Å²) in [5.41, 5.74) is 3.53. The van der Waals surface area contributed by atoms with Crippen molar-refractivity contribution in [1.82, 2.24) is 29.4 Å². The molecule has 0 unspecified atom stereocenters. The third-order valence-corrected chi connectivity index (χ3v) is 7.37. The molecule has 1 aliphatic heterocycles. The Balaban J connectivity index is 1.33. The summed E-state index contributed by atoms with van der Waals surface area (Å²) < 4.78 is 4.59. The van der Waals surface area contributed by atoms with Crippen molar-refractivity contribution in [3.63, 3.8) is 0 Å². The predicted octanol–water partition coefficient (Wildman–Crippen LogP) is 4.23. The Morgan fingerprint density at radius 3 is 2.45 bits per heavy atom. The van der Waals surface area contributed by atoms with Crippen LogP contribution in [-0.4, -0.2) is 61.4 Å². The molecule has 0 N–H and O–H groups in total. The van der Waals surface area contributed by atoms with Gasteiger partial charge in [-0.15, -0.1) is 0 Å². The number of piperazine rings is 1. The van der Waals surface area contributed by atoms with Gasteiger partial charge in [-0.25, -0.2) is 4.68 Å². The van der Waals surface area contributed by atoms with Gasteiger partial charge in [0.25, 0.3) is 5.91 Å². The molecule has 0 saturated carbocycles. The van der Waals surface area contributed by atoms with E-state index in [9.17, 15) is 4.79 Å². The van der Waals surface area contributed by atoms with Crippen LogP contribution in [0.3, 0.4) is 0 Å². The highest BCUT2D eigenvalue weighted by Gasteiger charge is 2.24. The van der Waals surface area contributed by atoms with E-state index >= 15 is 0 Å². The van der Waals surface area contributed by atoms with E-state index in [-0.39, 0.29) is 5.91 Å². The van der Waals surface area contributed by atoms with Crippen LogP contribution in [0, 0.1) is 13.8 Å². The number of rotatable bonds is 5. The van der Waals surface area contributed by atoms with Crippen LogP contribution < -0.4 is 0 Å². The number of aryl methyl sites for hydroxylation is 1. The van der Waals surface area contributed by atoms with Gasteiger partial charge < -0.3 is 4.90 Å². The average Bonchev–Trinajstić information content (AvgIpc) is 3.32. The molecule has 2 aromatic heterocycles. The maximum atomic E-state index is 12.9. The lowest BCUT2D eigenvalue weighted by Gasteiger charge is -2.34. The molecular weight excluding hydrogens is 503 g/mol. The zero-order valence-corrected chi connectivity index (χ0v) is 20.5. The molecule has 164 valence electrons. The molecule has 1 amide bonds. The van der Waals surface area contributed by atoms with Gasteiger partial charge in [-0.05, 0) is 53.5 Å². The molecule has 0 radical (unpaired) electrons. The van der Waals surface area contributed by atoms with Crippen LogP contribution in [0.1, 0.15) is 27.4 Å². The van der Waals surface area contributed by atoms with Gasteiger partial charge in [0.1, 0.15) is 12.4 Å². The fourth-order valence-corrected chi connectivity index (χ4v) is 4.28. The lowest BCUT2D eigenvalue weighted by atomic mass is 10.2. The number of nitrogens with zero attached hydrogens (tertiary/aromatic N) is 6. The van der Waals surface area contributed by atoms with E-state index in [4.69, 9.17) is 23.2 Å². The highest BCUT2D eigenvalue weighted by molar-refractivity contribution is 9.10. The Hall–Kier alpha value is -1.87. The number of amides is 1. The number of halogens is 3. The summed E-state index contributed by atoms with van der Waals surface area (Å²) in [4.78, 5) is 17.1. The van der Waals surface area contributed by atoms with E-state index in [2.05, 4.69) is 31.0 Å². The van der Waals surface area contributed by atoms with E-state index in [1.165, 1.54) is 0 Å². The number of aromatic nitrogens is 4. The summed E-state index contributed by atoms with van der Waals surface area (Å²) >= 11 is 15.6. The summed E-state index contributed by atoms with van der Waals surface area (Å²) in [7, 11) is 0. The van der Waals surface area contributed by atoms with Crippen molar-refractivity contribution in [2.24, 2.45) is 0 Å². The standard InChI is InChI=1S/C21H23BrCl2N6O/c1-14-20(22)15(2)30(25-14)13-29-6-5-19(26-29)21(31)28-9-7-27(8-10-28)12-16-3-4-17(23)18(24)11-16/h3-6,11H,7-10,12-13H2,1-2H3. The Kier molecular flexibility index (Phi) is 6.71. The molecular formula is C21H23BrCl2N6O. The molecule has 4 rings (SSSR count). The zero-order chi connectivity index (χ0) is 22.1. The summed E-state index contributed by atoms with van der Waals surface area (Å²) in [6.45, 7) is 8.12. The van der Waals surface area contributed by atoms with E-state index in [0.29, 0.717) is 35.5 Å². The smallest absolute Gasteiger partial charge is 0.274 e. The molecule has 31 heavy (non-hydrogen) atoms. The molecule has 3 aromatic rings. The molecule has 1 fully saturated rings. The third kappa shape index (κ3) is 4.98. The lowest BCUT2D eigenvalue weighted by molar-refractivity contribution is 0.0621. The van der Waals surface area contributed by atoms with E-state index in [0.717, 1.165) is 41.1 Å². The van der Waals surface area contributed by atoms with Crippen molar-refractivity contribution >= 4 is 45.0 Å². The molecule has 0 atom stereocenters. The first kappa shape index (κ1) is 22.3. The molecule has 3 heterocycles. The van der Waals surface area contributed by atoms with Crippen LogP contribution >= 0.6 is 39.1 Å². The minimum absolute atomic E-state index is 0.0394. The van der Waals surface area contributed by atoms with Gasteiger partial charge in [0, 0.05) is 38.9 Å². The summed E-state index contributed by atoms with van der Waals surface area (Å²) in [6.07, 6.45) is 1.82. The van der Waals surface area contributed by atoms with Crippen LogP contribution in [0.5, 0.6) is 0 Å². The minimum atomic E-state index is -0.0394. The highest BCUT2D eigenvalue weighted by Crippen LogP contribution is 2.23. The Labute approximate surface area is 199 Å². The van der Waals surface area contributed by atoms with Crippen LogP contribution in [0.2, 0.25) is 10.0 Å². The maximum absolute atomic E-state index is 12.9. The Bertz CT molecular complexity index is 1100. The Morgan fingerprint density at radius 1 is 1.06 bits per heavy atom. The topological polar surface area (TPSA) is 59.2 Å². The molecule has 7 nitrogen and oxygen atoms in total. The lowest BCUT2D eigenvalue weighted by Crippen LogP contribution is -2.48. The van der Waals surface area contributed by atoms with Gasteiger partial charge in [0.2, 0.25) is 0 Å². The van der Waals surface area contributed by atoms with Gasteiger partial charge in [0.05, 0.1) is 25.9 Å². The van der Waals surface area contributed by atoms with Gasteiger partial charge >= 0.3 is 0 Å². The fourth-order valence-electron chi connectivity index (χ4n) is 3.67. The first-order valence-corrected chi connectivity index (χ1v) is 11.5. The first-order valence-electron chi connectivity index (χ1n) is 10.0. The zero-order valence-electron chi connectivity index (χ0n) is 17.4. The summed E-state index contributed by atoms with van der Waals surface area (Å²) in [6, 6.07) is 7.47. The van der Waals surface area contributed by atoms with Gasteiger partial charge in [-0.2, -0.15) is 10.2 Å². The van der Waals surface area contributed by atoms with Crippen molar-refractivity contribution < 1.29 is 4.79 Å². The van der Waals surface area contributed by atoms with Crippen molar-refractivity contribution in [3.8, 4) is 0 Å². The minimum Gasteiger partial charge on any atom is -0.335 e. The molecule has 0 bridgehead atoms. The predicted molar refractivity (Wildman–Crippen MR) is 125 cm³/mol. The maximum Gasteiger partial charge on any atom is 0.274 e. The summed E-state index contributed by atoms with van der Waals surface area (Å²) in [5, 5.41) is 10.1. The molecule has 1 saturated heterocycles. The van der Waals surface area contributed by atoms with Gasteiger partial charge in [-0.1, -0.05) is 29.3 Å². The van der Waals surface area contributed by atoms with Crippen LogP contribution in [0.15, 0.2) is 34.9 Å². The first-order chi connectivity index (χ1) is 14.8. The van der Waals surface area contributed by atoms with E-state index in [1.807, 2.05) is 47.8 Å². The molecule has 0 spiro atoms. The van der Waals surface area contributed by atoms with Crippen LogP contribution in [0.4, 0.5) is 0 Å².